The van der Waals surface area contributed by atoms with E-state index in [0.29, 0.717) is 10.2 Å². The number of hydrogen-bond acceptors (Lipinski definition) is 8. The Morgan fingerprint density at radius 1 is 1.25 bits per heavy atom. The maximum absolute atomic E-state index is 12.5. The van der Waals surface area contributed by atoms with Crippen molar-refractivity contribution in [2.45, 2.75) is 22.6 Å². The minimum atomic E-state index is -3.99. The van der Waals surface area contributed by atoms with Gasteiger partial charge < -0.3 is 9.30 Å². The molecule has 150 valence electrons. The summed E-state index contributed by atoms with van der Waals surface area (Å²) in [6.07, 6.45) is 0. The fourth-order valence-corrected chi connectivity index (χ4v) is 6.20. The number of benzene rings is 1. The largest absolute Gasteiger partial charge is 0.465 e. The number of nitrogens with zero attached hydrogens (tertiary/aromatic N) is 2. The van der Waals surface area contributed by atoms with Gasteiger partial charge >= 0.3 is 5.97 Å². The summed E-state index contributed by atoms with van der Waals surface area (Å²) >= 11 is 1.95. The molecule has 2 N–H and O–H groups in total. The van der Waals surface area contributed by atoms with Crippen molar-refractivity contribution in [3.05, 3.63) is 40.5 Å². The quantitative estimate of drug-likeness (QED) is 0.549. The molecule has 13 heteroatoms. The van der Waals surface area contributed by atoms with Gasteiger partial charge in [-0.25, -0.2) is 13.6 Å². The molecule has 0 saturated heterocycles. The Morgan fingerprint density at radius 2 is 2.00 bits per heavy atom. The first-order chi connectivity index (χ1) is 13.1. The van der Waals surface area contributed by atoms with Crippen LogP contribution in [-0.2, 0) is 36.1 Å². The lowest BCUT2D eigenvalue weighted by Gasteiger charge is -2.05. The van der Waals surface area contributed by atoms with Gasteiger partial charge in [-0.2, -0.15) is 8.42 Å². The molecule has 0 fully saturated rings. The van der Waals surface area contributed by atoms with Crippen LogP contribution >= 0.6 is 22.7 Å². The Labute approximate surface area is 168 Å². The van der Waals surface area contributed by atoms with E-state index in [1.54, 1.807) is 18.4 Å². The fraction of sp³-hybridized carbons (Fsp3) is 0.200. The number of esters is 1. The molecule has 0 bridgehead atoms. The molecule has 3 rings (SSSR count). The molecular weight excluding hydrogens is 446 g/mol. The summed E-state index contributed by atoms with van der Waals surface area (Å²) in [4.78, 5) is 11.9. The number of sulfonamides is 2. The van der Waals surface area contributed by atoms with Crippen LogP contribution < -0.4 is 9.94 Å². The van der Waals surface area contributed by atoms with Gasteiger partial charge in [0, 0.05) is 0 Å². The van der Waals surface area contributed by atoms with Crippen molar-refractivity contribution in [1.29, 1.82) is 0 Å². The lowest BCUT2D eigenvalue weighted by Crippen LogP contribution is -2.23. The van der Waals surface area contributed by atoms with Crippen LogP contribution in [0.3, 0.4) is 0 Å². The molecule has 9 nitrogen and oxygen atoms in total. The second-order valence-electron chi connectivity index (χ2n) is 5.45. The van der Waals surface area contributed by atoms with Crippen molar-refractivity contribution in [3.63, 3.8) is 0 Å². The first kappa shape index (κ1) is 20.7. The molecule has 0 saturated carbocycles. The van der Waals surface area contributed by atoms with Gasteiger partial charge in [0.2, 0.25) is 14.8 Å². The smallest absolute Gasteiger partial charge is 0.326 e. The molecule has 2 heterocycles. The van der Waals surface area contributed by atoms with Gasteiger partial charge in [-0.3, -0.25) is 4.79 Å². The number of carbonyl (C=O) groups is 1. The molecule has 0 unspecified atom stereocenters. The average Bonchev–Trinajstić information content (AvgIpc) is 3.23. The van der Waals surface area contributed by atoms with Crippen LogP contribution in [0.4, 0.5) is 0 Å². The number of carbonyl (C=O) groups excluding carboxylic acids is 1. The van der Waals surface area contributed by atoms with E-state index in [1.807, 2.05) is 0 Å². The number of ether oxygens (including phenoxy) is 1. The highest BCUT2D eigenvalue weighted by atomic mass is 32.2. The van der Waals surface area contributed by atoms with Gasteiger partial charge in [0.1, 0.15) is 10.8 Å². The maximum atomic E-state index is 12.5. The third kappa shape index (κ3) is 4.33. The zero-order valence-corrected chi connectivity index (χ0v) is 17.7. The fourth-order valence-electron chi connectivity index (χ4n) is 2.35. The van der Waals surface area contributed by atoms with Crippen molar-refractivity contribution < 1.29 is 26.4 Å². The highest BCUT2D eigenvalue weighted by Gasteiger charge is 2.18. The van der Waals surface area contributed by atoms with Gasteiger partial charge in [-0.15, -0.1) is 15.7 Å². The summed E-state index contributed by atoms with van der Waals surface area (Å²) in [5.74, 6) is -0.576. The summed E-state index contributed by atoms with van der Waals surface area (Å²) in [7, 11) is -7.93. The number of thiazole rings is 1. The Hall–Kier alpha value is -2.06. The van der Waals surface area contributed by atoms with Gasteiger partial charge in [-0.05, 0) is 36.6 Å². The highest BCUT2D eigenvalue weighted by Crippen LogP contribution is 2.23. The molecule has 0 aliphatic rings. The summed E-state index contributed by atoms with van der Waals surface area (Å²) < 4.78 is 58.9. The minimum Gasteiger partial charge on any atom is -0.465 e. The van der Waals surface area contributed by atoms with Crippen LogP contribution in [0.25, 0.3) is 10.2 Å². The van der Waals surface area contributed by atoms with E-state index in [0.717, 1.165) is 22.7 Å². The van der Waals surface area contributed by atoms with E-state index in [1.165, 1.54) is 28.8 Å². The third-order valence-electron chi connectivity index (χ3n) is 3.52. The summed E-state index contributed by atoms with van der Waals surface area (Å²) in [5.41, 5.74) is 0.436. The lowest BCUT2D eigenvalue weighted by molar-refractivity contribution is -0.143. The van der Waals surface area contributed by atoms with Gasteiger partial charge in [0.05, 0.1) is 21.7 Å². The molecule has 0 aliphatic carbocycles. The van der Waals surface area contributed by atoms with Crippen LogP contribution in [-0.4, -0.2) is 34.0 Å². The Kier molecular flexibility index (Phi) is 5.72. The second-order valence-corrected chi connectivity index (χ2v) is 10.8. The van der Waals surface area contributed by atoms with Crippen molar-refractivity contribution >= 4 is 58.9 Å². The number of hydrogen-bond donors (Lipinski definition) is 1. The molecular formula is C15H15N3O6S4. The minimum absolute atomic E-state index is 0.0167. The Morgan fingerprint density at radius 3 is 2.61 bits per heavy atom. The van der Waals surface area contributed by atoms with Gasteiger partial charge in [-0.1, -0.05) is 17.4 Å². The van der Waals surface area contributed by atoms with Crippen molar-refractivity contribution in [1.82, 2.24) is 4.57 Å². The van der Waals surface area contributed by atoms with E-state index in [-0.39, 0.29) is 27.1 Å². The number of primary sulfonamides is 1. The van der Waals surface area contributed by atoms with Crippen LogP contribution in [0.2, 0.25) is 0 Å². The standard InChI is InChI=1S/C15H15N3O6S4/c1-2-24-13(19)9-18-11-6-5-10(27(16,20)21)8-12(11)26-15(18)17-28(22,23)14-4-3-7-25-14/h3-8H,2,9H2,1H3,(H2,16,20,21)/b17-15-. The maximum Gasteiger partial charge on any atom is 0.326 e. The Balaban J connectivity index is 2.25. The summed E-state index contributed by atoms with van der Waals surface area (Å²) in [6, 6.07) is 7.05. The molecule has 1 aromatic carbocycles. The number of rotatable bonds is 6. The zero-order chi connectivity index (χ0) is 20.5. The summed E-state index contributed by atoms with van der Waals surface area (Å²) in [6.45, 7) is 1.54. The summed E-state index contributed by atoms with van der Waals surface area (Å²) in [5, 5.41) is 6.77. The monoisotopic (exact) mass is 461 g/mol. The molecule has 3 aromatic rings. The lowest BCUT2D eigenvalue weighted by atomic mass is 10.3. The van der Waals surface area contributed by atoms with Crippen molar-refractivity contribution in [2.24, 2.45) is 9.54 Å². The van der Waals surface area contributed by atoms with Crippen LogP contribution in [0.1, 0.15) is 6.92 Å². The van der Waals surface area contributed by atoms with E-state index >= 15 is 0 Å². The average molecular weight is 462 g/mol. The SMILES string of the molecule is CCOC(=O)Cn1/c(=N/S(=O)(=O)c2cccs2)sc2cc(S(N)(=O)=O)ccc21. The molecule has 0 atom stereocenters. The third-order valence-corrected chi connectivity index (χ3v) is 8.23. The number of thiophene rings is 1. The van der Waals surface area contributed by atoms with E-state index in [4.69, 9.17) is 9.88 Å². The molecule has 0 amide bonds. The van der Waals surface area contributed by atoms with Gasteiger partial charge in [0.15, 0.2) is 0 Å². The molecule has 28 heavy (non-hydrogen) atoms. The van der Waals surface area contributed by atoms with E-state index in [2.05, 4.69) is 4.40 Å². The van der Waals surface area contributed by atoms with Crippen molar-refractivity contribution in [2.75, 3.05) is 6.61 Å². The molecule has 0 radical (unpaired) electrons. The highest BCUT2D eigenvalue weighted by molar-refractivity contribution is 7.92. The molecule has 2 aromatic heterocycles. The molecule has 0 aliphatic heterocycles. The zero-order valence-electron chi connectivity index (χ0n) is 14.4. The van der Waals surface area contributed by atoms with E-state index < -0.39 is 26.0 Å². The second kappa shape index (κ2) is 7.75. The number of nitrogens with two attached hydrogens (primary N) is 1. The van der Waals surface area contributed by atoms with E-state index in [9.17, 15) is 21.6 Å². The normalized spacial score (nSPS) is 13.1. The first-order valence-electron chi connectivity index (χ1n) is 7.78. The topological polar surface area (TPSA) is 138 Å². The van der Waals surface area contributed by atoms with Crippen LogP contribution in [0.15, 0.2) is 49.2 Å². The van der Waals surface area contributed by atoms with Crippen LogP contribution in [0.5, 0.6) is 0 Å². The Bertz CT molecular complexity index is 1300. The number of aromatic nitrogens is 1. The molecule has 0 spiro atoms. The van der Waals surface area contributed by atoms with Gasteiger partial charge in [0.25, 0.3) is 10.0 Å². The predicted molar refractivity (Wildman–Crippen MR) is 105 cm³/mol. The predicted octanol–water partition coefficient (Wildman–Crippen LogP) is 1.26. The van der Waals surface area contributed by atoms with Crippen LogP contribution in [0, 0.1) is 0 Å². The number of fused-ring (bicyclic) bond motifs is 1. The van der Waals surface area contributed by atoms with Crippen molar-refractivity contribution in [3.8, 4) is 0 Å². The first-order valence-corrected chi connectivity index (χ1v) is 12.5.